The van der Waals surface area contributed by atoms with Crippen LogP contribution in [0.4, 0.5) is 0 Å². The van der Waals surface area contributed by atoms with Crippen LogP contribution in [0.15, 0.2) is 24.3 Å². The number of hydrogen-bond acceptors (Lipinski definition) is 3. The van der Waals surface area contributed by atoms with Gasteiger partial charge in [-0.15, -0.1) is 0 Å². The molecule has 1 amide bonds. The molecule has 0 aromatic heterocycles. The molecule has 0 aliphatic carbocycles. The van der Waals surface area contributed by atoms with Crippen molar-refractivity contribution < 1.29 is 9.90 Å². The third kappa shape index (κ3) is 4.42. The Morgan fingerprint density at radius 1 is 1.12 bits per heavy atom. The fourth-order valence-corrected chi connectivity index (χ4v) is 4.15. The molecule has 25 heavy (non-hydrogen) atoms. The van der Waals surface area contributed by atoms with Gasteiger partial charge in [-0.05, 0) is 74.7 Å². The molecule has 3 rings (SSSR count). The molecule has 2 heterocycles. The molecule has 4 heteroatoms. The zero-order valence-corrected chi connectivity index (χ0v) is 15.5. The summed E-state index contributed by atoms with van der Waals surface area (Å²) in [6.07, 6.45) is 6.67. The van der Waals surface area contributed by atoms with Gasteiger partial charge in [0.1, 0.15) is 0 Å². The third-order valence-corrected chi connectivity index (χ3v) is 6.23. The zero-order valence-electron chi connectivity index (χ0n) is 15.5. The van der Waals surface area contributed by atoms with Crippen LogP contribution < -0.4 is 0 Å². The van der Waals surface area contributed by atoms with Crippen molar-refractivity contribution in [3.63, 3.8) is 0 Å². The molecule has 0 atom stereocenters. The highest BCUT2D eigenvalue weighted by Gasteiger charge is 2.32. The van der Waals surface area contributed by atoms with Gasteiger partial charge in [-0.2, -0.15) is 0 Å². The van der Waals surface area contributed by atoms with Crippen molar-refractivity contribution in [1.29, 1.82) is 0 Å². The number of hydrogen-bond donors (Lipinski definition) is 1. The maximum absolute atomic E-state index is 12.7. The lowest BCUT2D eigenvalue weighted by molar-refractivity contribution is 0.0382. The minimum atomic E-state index is 0.128. The molecule has 0 bridgehead atoms. The highest BCUT2D eigenvalue weighted by atomic mass is 16.3. The lowest BCUT2D eigenvalue weighted by Crippen LogP contribution is -2.41. The van der Waals surface area contributed by atoms with Crippen LogP contribution >= 0.6 is 0 Å². The number of amides is 1. The van der Waals surface area contributed by atoms with E-state index in [9.17, 15) is 9.90 Å². The molecule has 2 aliphatic rings. The first-order valence-electron chi connectivity index (χ1n) is 9.87. The molecule has 1 aromatic carbocycles. The average molecular weight is 344 g/mol. The van der Waals surface area contributed by atoms with Crippen LogP contribution in [0, 0.1) is 5.41 Å². The first-order chi connectivity index (χ1) is 12.2. The number of carbonyl (C=O) groups is 1. The van der Waals surface area contributed by atoms with E-state index in [1.807, 2.05) is 17.0 Å². The summed E-state index contributed by atoms with van der Waals surface area (Å²) >= 11 is 0. The molecule has 1 N–H and O–H groups in total. The van der Waals surface area contributed by atoms with Crippen LogP contribution in [0.25, 0.3) is 0 Å². The normalized spacial score (nSPS) is 21.3. The van der Waals surface area contributed by atoms with Gasteiger partial charge < -0.3 is 10.0 Å². The Kier molecular flexibility index (Phi) is 6.13. The van der Waals surface area contributed by atoms with E-state index in [1.165, 1.54) is 12.0 Å². The van der Waals surface area contributed by atoms with Crippen LogP contribution in [-0.2, 0) is 6.54 Å². The first kappa shape index (κ1) is 18.4. The topological polar surface area (TPSA) is 43.8 Å². The Morgan fingerprint density at radius 2 is 1.84 bits per heavy atom. The monoisotopic (exact) mass is 344 g/mol. The van der Waals surface area contributed by atoms with Crippen molar-refractivity contribution in [1.82, 2.24) is 9.80 Å². The SMILES string of the molecule is CCC1(CO)CCN(Cc2cccc(C(=O)N3CCCCC3)c2)CC1. The Labute approximate surface area is 151 Å². The second-order valence-electron chi connectivity index (χ2n) is 7.84. The van der Waals surface area contributed by atoms with Crippen molar-refractivity contribution in [2.45, 2.75) is 52.0 Å². The van der Waals surface area contributed by atoms with Gasteiger partial charge in [0.25, 0.3) is 5.91 Å². The van der Waals surface area contributed by atoms with E-state index in [0.717, 1.165) is 70.4 Å². The molecule has 0 unspecified atom stereocenters. The van der Waals surface area contributed by atoms with Crippen molar-refractivity contribution in [3.05, 3.63) is 35.4 Å². The van der Waals surface area contributed by atoms with Gasteiger partial charge in [0, 0.05) is 31.8 Å². The van der Waals surface area contributed by atoms with E-state index < -0.39 is 0 Å². The second-order valence-corrected chi connectivity index (χ2v) is 7.84. The van der Waals surface area contributed by atoms with Crippen LogP contribution in [0.3, 0.4) is 0 Å². The number of rotatable bonds is 5. The van der Waals surface area contributed by atoms with Crippen LogP contribution in [-0.4, -0.2) is 53.6 Å². The summed E-state index contributed by atoms with van der Waals surface area (Å²) < 4.78 is 0. The number of likely N-dealkylation sites (tertiary alicyclic amines) is 2. The summed E-state index contributed by atoms with van der Waals surface area (Å²) in [6.45, 7) is 7.23. The lowest BCUT2D eigenvalue weighted by Gasteiger charge is -2.40. The minimum Gasteiger partial charge on any atom is -0.396 e. The number of benzene rings is 1. The van der Waals surface area contributed by atoms with Gasteiger partial charge in [-0.3, -0.25) is 9.69 Å². The third-order valence-electron chi connectivity index (χ3n) is 6.23. The van der Waals surface area contributed by atoms with Crippen molar-refractivity contribution in [2.24, 2.45) is 5.41 Å². The van der Waals surface area contributed by atoms with E-state index in [0.29, 0.717) is 6.61 Å². The molecular formula is C21H32N2O2. The van der Waals surface area contributed by atoms with Gasteiger partial charge in [0.05, 0.1) is 0 Å². The van der Waals surface area contributed by atoms with E-state index in [1.54, 1.807) is 0 Å². The second kappa shape index (κ2) is 8.33. The molecule has 138 valence electrons. The van der Waals surface area contributed by atoms with E-state index in [-0.39, 0.29) is 11.3 Å². The van der Waals surface area contributed by atoms with Gasteiger partial charge in [0.2, 0.25) is 0 Å². The largest absolute Gasteiger partial charge is 0.396 e. The van der Waals surface area contributed by atoms with Crippen LogP contribution in [0.5, 0.6) is 0 Å². The van der Waals surface area contributed by atoms with Gasteiger partial charge >= 0.3 is 0 Å². The number of aliphatic hydroxyl groups is 1. The van der Waals surface area contributed by atoms with Crippen molar-refractivity contribution in [3.8, 4) is 0 Å². The van der Waals surface area contributed by atoms with Gasteiger partial charge in [0.15, 0.2) is 0 Å². The average Bonchev–Trinajstić information content (AvgIpc) is 2.69. The quantitative estimate of drug-likeness (QED) is 0.891. The zero-order chi connectivity index (χ0) is 17.7. The summed E-state index contributed by atoms with van der Waals surface area (Å²) in [7, 11) is 0. The summed E-state index contributed by atoms with van der Waals surface area (Å²) in [5.41, 5.74) is 2.17. The Morgan fingerprint density at radius 3 is 2.48 bits per heavy atom. The van der Waals surface area contributed by atoms with E-state index in [2.05, 4.69) is 24.0 Å². The molecule has 0 radical (unpaired) electrons. The molecule has 4 nitrogen and oxygen atoms in total. The maximum Gasteiger partial charge on any atom is 0.253 e. The van der Waals surface area contributed by atoms with E-state index >= 15 is 0 Å². The highest BCUT2D eigenvalue weighted by molar-refractivity contribution is 5.94. The summed E-state index contributed by atoms with van der Waals surface area (Å²) in [6, 6.07) is 8.16. The Hall–Kier alpha value is -1.39. The summed E-state index contributed by atoms with van der Waals surface area (Å²) in [4.78, 5) is 17.1. The standard InChI is InChI=1S/C21H32N2O2/c1-2-21(17-24)9-13-22(14-10-21)16-18-7-6-8-19(15-18)20(25)23-11-4-3-5-12-23/h6-8,15,24H,2-5,9-14,16-17H2,1H3. The Balaban J connectivity index is 1.60. The minimum absolute atomic E-state index is 0.128. The molecule has 0 saturated carbocycles. The fourth-order valence-electron chi connectivity index (χ4n) is 4.15. The van der Waals surface area contributed by atoms with Gasteiger partial charge in [-0.1, -0.05) is 19.1 Å². The van der Waals surface area contributed by atoms with Crippen LogP contribution in [0.2, 0.25) is 0 Å². The number of aliphatic hydroxyl groups excluding tert-OH is 1. The number of nitrogens with zero attached hydrogens (tertiary/aromatic N) is 2. The first-order valence-corrected chi connectivity index (χ1v) is 9.87. The fraction of sp³-hybridized carbons (Fsp3) is 0.667. The van der Waals surface area contributed by atoms with E-state index in [4.69, 9.17) is 0 Å². The van der Waals surface area contributed by atoms with Gasteiger partial charge in [-0.25, -0.2) is 0 Å². The number of carbonyl (C=O) groups excluding carboxylic acids is 1. The molecule has 2 fully saturated rings. The number of piperidine rings is 2. The molecule has 0 spiro atoms. The maximum atomic E-state index is 12.7. The lowest BCUT2D eigenvalue weighted by atomic mass is 9.77. The predicted octanol–water partition coefficient (Wildman–Crippen LogP) is 3.30. The summed E-state index contributed by atoms with van der Waals surface area (Å²) in [5, 5.41) is 9.68. The van der Waals surface area contributed by atoms with Crippen molar-refractivity contribution >= 4 is 5.91 Å². The molecule has 1 aromatic rings. The van der Waals surface area contributed by atoms with Crippen LogP contribution in [0.1, 0.15) is 61.4 Å². The Bertz CT molecular complexity index is 567. The molecule has 2 saturated heterocycles. The summed E-state index contributed by atoms with van der Waals surface area (Å²) in [5.74, 6) is 0.186. The molecule has 2 aliphatic heterocycles. The molecular weight excluding hydrogens is 312 g/mol. The predicted molar refractivity (Wildman–Crippen MR) is 101 cm³/mol. The smallest absolute Gasteiger partial charge is 0.253 e. The van der Waals surface area contributed by atoms with Crippen molar-refractivity contribution in [2.75, 3.05) is 32.8 Å². The highest BCUT2D eigenvalue weighted by Crippen LogP contribution is 2.34.